The molecule has 1 atom stereocenters. The Morgan fingerprint density at radius 2 is 2.17 bits per heavy atom. The Hall–Kier alpha value is -2.08. The van der Waals surface area contributed by atoms with Crippen LogP contribution < -0.4 is 10.6 Å². The first-order valence-corrected chi connectivity index (χ1v) is 8.53. The predicted octanol–water partition coefficient (Wildman–Crippen LogP) is 2.34. The number of hydrogen-bond donors (Lipinski definition) is 3. The van der Waals surface area contributed by atoms with Crippen molar-refractivity contribution in [3.05, 3.63) is 29.8 Å². The molecule has 3 amide bonds. The number of nitrogens with zero attached hydrogens (tertiary/aromatic N) is 1. The molecule has 1 aliphatic heterocycles. The number of carbonyl (C=O) groups is 2. The first-order chi connectivity index (χ1) is 11.4. The summed E-state index contributed by atoms with van der Waals surface area (Å²) in [5.41, 5.74) is 1.66. The van der Waals surface area contributed by atoms with Gasteiger partial charge in [0.05, 0.1) is 6.10 Å². The number of hydrogen-bond acceptors (Lipinski definition) is 3. The van der Waals surface area contributed by atoms with E-state index in [1.165, 1.54) is 0 Å². The van der Waals surface area contributed by atoms with Gasteiger partial charge in [0.25, 0.3) is 0 Å². The van der Waals surface area contributed by atoms with Crippen LogP contribution in [0.5, 0.6) is 0 Å². The van der Waals surface area contributed by atoms with Gasteiger partial charge < -0.3 is 20.6 Å². The van der Waals surface area contributed by atoms with Crippen molar-refractivity contribution in [3.8, 4) is 0 Å². The molecule has 132 valence electrons. The van der Waals surface area contributed by atoms with E-state index in [-0.39, 0.29) is 18.5 Å². The highest BCUT2D eigenvalue weighted by Crippen LogP contribution is 2.17. The second-order valence-electron chi connectivity index (χ2n) is 6.74. The molecule has 0 unspecified atom stereocenters. The number of amides is 3. The summed E-state index contributed by atoms with van der Waals surface area (Å²) >= 11 is 0. The Balaban J connectivity index is 1.82. The molecule has 0 bridgehead atoms. The van der Waals surface area contributed by atoms with Crippen molar-refractivity contribution in [2.75, 3.05) is 18.4 Å². The molecule has 0 aromatic heterocycles. The van der Waals surface area contributed by atoms with Gasteiger partial charge in [-0.05, 0) is 36.5 Å². The molecule has 0 saturated carbocycles. The van der Waals surface area contributed by atoms with E-state index in [2.05, 4.69) is 10.6 Å². The van der Waals surface area contributed by atoms with Crippen molar-refractivity contribution >= 4 is 17.6 Å². The van der Waals surface area contributed by atoms with Gasteiger partial charge in [0.2, 0.25) is 5.91 Å². The largest absolute Gasteiger partial charge is 0.391 e. The van der Waals surface area contributed by atoms with Crippen LogP contribution in [0.2, 0.25) is 0 Å². The van der Waals surface area contributed by atoms with Gasteiger partial charge in [0.1, 0.15) is 0 Å². The number of urea groups is 1. The lowest BCUT2D eigenvalue weighted by molar-refractivity contribution is -0.128. The molecule has 1 fully saturated rings. The minimum atomic E-state index is -0.539. The smallest absolute Gasteiger partial charge is 0.319 e. The maximum Gasteiger partial charge on any atom is 0.319 e. The number of anilines is 1. The molecule has 1 aromatic rings. The summed E-state index contributed by atoms with van der Waals surface area (Å²) in [6, 6.07) is 7.14. The number of benzene rings is 1. The first-order valence-electron chi connectivity index (χ1n) is 8.53. The van der Waals surface area contributed by atoms with Gasteiger partial charge >= 0.3 is 6.03 Å². The molecule has 2 rings (SSSR count). The summed E-state index contributed by atoms with van der Waals surface area (Å²) in [6.07, 6.45) is 1.65. The van der Waals surface area contributed by atoms with Crippen LogP contribution in [0.15, 0.2) is 24.3 Å². The van der Waals surface area contributed by atoms with Crippen LogP contribution in [0.3, 0.4) is 0 Å². The molecule has 0 spiro atoms. The SMILES string of the molecule is CC(C)C[C@@H](O)CNC(=O)Nc1cccc(CN2CCCC2=O)c1. The average molecular weight is 333 g/mol. The molecule has 0 radical (unpaired) electrons. The molecule has 24 heavy (non-hydrogen) atoms. The van der Waals surface area contributed by atoms with E-state index in [9.17, 15) is 14.7 Å². The molecule has 1 aromatic carbocycles. The zero-order valence-electron chi connectivity index (χ0n) is 14.4. The van der Waals surface area contributed by atoms with Crippen molar-refractivity contribution < 1.29 is 14.7 Å². The maximum atomic E-state index is 11.9. The lowest BCUT2D eigenvalue weighted by atomic mass is 10.1. The monoisotopic (exact) mass is 333 g/mol. The van der Waals surface area contributed by atoms with Gasteiger partial charge in [-0.1, -0.05) is 26.0 Å². The number of rotatable bonds is 7. The standard InChI is InChI=1S/C18H27N3O3/c1-13(2)9-16(22)11-19-18(24)20-15-6-3-5-14(10-15)12-21-8-4-7-17(21)23/h3,5-6,10,13,16,22H,4,7-9,11-12H2,1-2H3,(H2,19,20,24)/t16-/m1/s1. The van der Waals surface area contributed by atoms with Crippen LogP contribution >= 0.6 is 0 Å². The summed E-state index contributed by atoms with van der Waals surface area (Å²) in [7, 11) is 0. The topological polar surface area (TPSA) is 81.7 Å². The number of nitrogens with one attached hydrogen (secondary N) is 2. The van der Waals surface area contributed by atoms with Gasteiger partial charge in [0.15, 0.2) is 0 Å². The van der Waals surface area contributed by atoms with Crippen LogP contribution in [0, 0.1) is 5.92 Å². The Kier molecular flexibility index (Phi) is 6.61. The third-order valence-corrected chi connectivity index (χ3v) is 3.97. The summed E-state index contributed by atoms with van der Waals surface area (Å²) < 4.78 is 0. The fourth-order valence-corrected chi connectivity index (χ4v) is 2.85. The van der Waals surface area contributed by atoms with Gasteiger partial charge in [-0.15, -0.1) is 0 Å². The summed E-state index contributed by atoms with van der Waals surface area (Å²) in [4.78, 5) is 25.4. The van der Waals surface area contributed by atoms with Crippen LogP contribution in [-0.2, 0) is 11.3 Å². The molecule has 1 saturated heterocycles. The fraction of sp³-hybridized carbons (Fsp3) is 0.556. The second-order valence-corrected chi connectivity index (χ2v) is 6.74. The number of aliphatic hydroxyl groups is 1. The van der Waals surface area contributed by atoms with Gasteiger partial charge in [-0.2, -0.15) is 0 Å². The normalized spacial score (nSPS) is 15.7. The summed E-state index contributed by atoms with van der Waals surface area (Å²) in [5.74, 6) is 0.570. The van der Waals surface area contributed by atoms with Crippen molar-refractivity contribution in [1.29, 1.82) is 0 Å². The Morgan fingerprint density at radius 3 is 2.83 bits per heavy atom. The fourth-order valence-electron chi connectivity index (χ4n) is 2.85. The van der Waals surface area contributed by atoms with Crippen LogP contribution in [0.4, 0.5) is 10.5 Å². The average Bonchev–Trinajstić information content (AvgIpc) is 2.90. The van der Waals surface area contributed by atoms with E-state index < -0.39 is 6.10 Å². The maximum absolute atomic E-state index is 11.9. The molecule has 0 aliphatic carbocycles. The van der Waals surface area contributed by atoms with Gasteiger partial charge in [0, 0.05) is 31.7 Å². The number of carbonyl (C=O) groups excluding carboxylic acids is 2. The minimum absolute atomic E-state index is 0.185. The Bertz CT molecular complexity index is 574. The third-order valence-electron chi connectivity index (χ3n) is 3.97. The minimum Gasteiger partial charge on any atom is -0.391 e. The van der Waals surface area contributed by atoms with Gasteiger partial charge in [-0.25, -0.2) is 4.79 Å². The van der Waals surface area contributed by atoms with Crippen LogP contribution in [-0.4, -0.2) is 41.1 Å². The van der Waals surface area contributed by atoms with E-state index in [4.69, 9.17) is 0 Å². The van der Waals surface area contributed by atoms with E-state index >= 15 is 0 Å². The highest BCUT2D eigenvalue weighted by Gasteiger charge is 2.20. The van der Waals surface area contributed by atoms with E-state index in [0.29, 0.717) is 31.0 Å². The summed E-state index contributed by atoms with van der Waals surface area (Å²) in [5, 5.41) is 15.2. The van der Waals surface area contributed by atoms with E-state index in [1.807, 2.05) is 36.9 Å². The lowest BCUT2D eigenvalue weighted by Crippen LogP contribution is -2.35. The molecular formula is C18H27N3O3. The predicted molar refractivity (Wildman–Crippen MR) is 93.6 cm³/mol. The molecule has 6 heteroatoms. The van der Waals surface area contributed by atoms with E-state index in [0.717, 1.165) is 18.5 Å². The van der Waals surface area contributed by atoms with Crippen molar-refractivity contribution in [1.82, 2.24) is 10.2 Å². The zero-order valence-corrected chi connectivity index (χ0v) is 14.4. The molecule has 6 nitrogen and oxygen atoms in total. The molecule has 3 N–H and O–H groups in total. The Labute approximate surface area is 143 Å². The van der Waals surface area contributed by atoms with Crippen molar-refractivity contribution in [3.63, 3.8) is 0 Å². The van der Waals surface area contributed by atoms with Crippen molar-refractivity contribution in [2.45, 2.75) is 45.8 Å². The van der Waals surface area contributed by atoms with E-state index in [1.54, 1.807) is 6.07 Å². The zero-order chi connectivity index (χ0) is 17.5. The number of likely N-dealkylation sites (tertiary alicyclic amines) is 1. The van der Waals surface area contributed by atoms with Gasteiger partial charge in [-0.3, -0.25) is 4.79 Å². The molecule has 1 aliphatic rings. The quantitative estimate of drug-likeness (QED) is 0.716. The lowest BCUT2D eigenvalue weighted by Gasteiger charge is -2.17. The number of aliphatic hydroxyl groups excluding tert-OH is 1. The molecule has 1 heterocycles. The highest BCUT2D eigenvalue weighted by molar-refractivity contribution is 5.89. The third kappa shape index (κ3) is 5.85. The molecular weight excluding hydrogens is 306 g/mol. The highest BCUT2D eigenvalue weighted by atomic mass is 16.3. The first kappa shape index (κ1) is 18.3. The second kappa shape index (κ2) is 8.68. The van der Waals surface area contributed by atoms with Crippen LogP contribution in [0.25, 0.3) is 0 Å². The summed E-state index contributed by atoms with van der Waals surface area (Å²) in [6.45, 7) is 5.65. The van der Waals surface area contributed by atoms with Crippen molar-refractivity contribution in [2.24, 2.45) is 5.92 Å². The Morgan fingerprint density at radius 1 is 1.38 bits per heavy atom. The van der Waals surface area contributed by atoms with Crippen LogP contribution in [0.1, 0.15) is 38.7 Å².